The maximum atomic E-state index is 12.0. The van der Waals surface area contributed by atoms with Crippen molar-refractivity contribution >= 4 is 10.8 Å². The van der Waals surface area contributed by atoms with Gasteiger partial charge in [-0.15, -0.1) is 0 Å². The molecule has 0 saturated carbocycles. The lowest BCUT2D eigenvalue weighted by Crippen LogP contribution is -2.23. The fraction of sp³-hybridized carbons (Fsp3) is 0.571. The molecule has 0 amide bonds. The molecule has 2 N–H and O–H groups in total. The molecule has 4 heteroatoms. The standard InChI is InChI=1S/C14H23NO2S/c1-5-11(3)18(16)9-13(15)12-8-10(2)6-7-14(12)17-4/h6-8,11,13H,5,9,15H2,1-4H3. The minimum Gasteiger partial charge on any atom is -0.496 e. The Labute approximate surface area is 112 Å². The first kappa shape index (κ1) is 15.2. The molecule has 0 saturated heterocycles. The molecule has 18 heavy (non-hydrogen) atoms. The maximum absolute atomic E-state index is 12.0. The SMILES string of the molecule is CCC(C)S(=O)CC(N)c1cc(C)ccc1OC. The topological polar surface area (TPSA) is 52.3 Å². The van der Waals surface area contributed by atoms with Crippen molar-refractivity contribution in [1.82, 2.24) is 0 Å². The first-order valence-corrected chi connectivity index (χ1v) is 7.65. The Morgan fingerprint density at radius 1 is 1.44 bits per heavy atom. The van der Waals surface area contributed by atoms with E-state index in [2.05, 4.69) is 0 Å². The Hall–Kier alpha value is -0.870. The average molecular weight is 269 g/mol. The van der Waals surface area contributed by atoms with Crippen LogP contribution in [-0.4, -0.2) is 22.3 Å². The molecule has 1 rings (SSSR count). The van der Waals surface area contributed by atoms with Gasteiger partial charge in [-0.2, -0.15) is 0 Å². The summed E-state index contributed by atoms with van der Waals surface area (Å²) in [5.74, 6) is 1.25. The number of hydrogen-bond donors (Lipinski definition) is 1. The van der Waals surface area contributed by atoms with Gasteiger partial charge in [0.2, 0.25) is 0 Å². The molecule has 0 bridgehead atoms. The number of rotatable bonds is 6. The van der Waals surface area contributed by atoms with Gasteiger partial charge in [-0.1, -0.05) is 31.5 Å². The van der Waals surface area contributed by atoms with Crippen molar-refractivity contribution in [2.24, 2.45) is 5.73 Å². The minimum absolute atomic E-state index is 0.187. The molecule has 0 radical (unpaired) electrons. The van der Waals surface area contributed by atoms with Gasteiger partial charge in [-0.05, 0) is 19.4 Å². The molecule has 0 heterocycles. The zero-order valence-corrected chi connectivity index (χ0v) is 12.4. The van der Waals surface area contributed by atoms with Crippen LogP contribution in [0.5, 0.6) is 5.75 Å². The van der Waals surface area contributed by atoms with E-state index >= 15 is 0 Å². The van der Waals surface area contributed by atoms with Gasteiger partial charge in [-0.3, -0.25) is 4.21 Å². The monoisotopic (exact) mass is 269 g/mol. The predicted octanol–water partition coefficient (Wildman–Crippen LogP) is 2.55. The summed E-state index contributed by atoms with van der Waals surface area (Å²) in [6.07, 6.45) is 0.907. The van der Waals surface area contributed by atoms with Crippen molar-refractivity contribution in [3.63, 3.8) is 0 Å². The van der Waals surface area contributed by atoms with Crippen LogP contribution in [0.4, 0.5) is 0 Å². The molecule has 0 aliphatic heterocycles. The van der Waals surface area contributed by atoms with Crippen LogP contribution in [0.1, 0.15) is 37.4 Å². The van der Waals surface area contributed by atoms with Crippen molar-refractivity contribution in [2.75, 3.05) is 12.9 Å². The first-order chi connectivity index (χ1) is 8.49. The van der Waals surface area contributed by atoms with Gasteiger partial charge in [0.15, 0.2) is 0 Å². The zero-order chi connectivity index (χ0) is 13.7. The molecule has 0 aliphatic carbocycles. The highest BCUT2D eigenvalue weighted by molar-refractivity contribution is 7.85. The van der Waals surface area contributed by atoms with Crippen LogP contribution >= 0.6 is 0 Å². The van der Waals surface area contributed by atoms with Gasteiger partial charge in [0.05, 0.1) is 7.11 Å². The largest absolute Gasteiger partial charge is 0.496 e. The highest BCUT2D eigenvalue weighted by atomic mass is 32.2. The van der Waals surface area contributed by atoms with E-state index in [1.807, 2.05) is 39.0 Å². The Kier molecular flexibility index (Phi) is 5.82. The summed E-state index contributed by atoms with van der Waals surface area (Å²) >= 11 is 0. The average Bonchev–Trinajstić information content (AvgIpc) is 2.37. The van der Waals surface area contributed by atoms with Crippen molar-refractivity contribution < 1.29 is 8.95 Å². The summed E-state index contributed by atoms with van der Waals surface area (Å²) in [7, 11) is 0.739. The quantitative estimate of drug-likeness (QED) is 0.863. The van der Waals surface area contributed by atoms with Gasteiger partial charge in [-0.25, -0.2) is 0 Å². The Bertz CT molecular complexity index is 420. The highest BCUT2D eigenvalue weighted by Gasteiger charge is 2.17. The second-order valence-electron chi connectivity index (χ2n) is 4.62. The molecule has 0 fully saturated rings. The third kappa shape index (κ3) is 3.82. The van der Waals surface area contributed by atoms with Gasteiger partial charge in [0.25, 0.3) is 0 Å². The lowest BCUT2D eigenvalue weighted by Gasteiger charge is -2.18. The summed E-state index contributed by atoms with van der Waals surface area (Å²) in [6, 6.07) is 5.67. The van der Waals surface area contributed by atoms with Crippen LogP contribution in [0.15, 0.2) is 18.2 Å². The van der Waals surface area contributed by atoms with Crippen LogP contribution in [0.25, 0.3) is 0 Å². The fourth-order valence-electron chi connectivity index (χ4n) is 1.76. The molecular weight excluding hydrogens is 246 g/mol. The summed E-state index contributed by atoms with van der Waals surface area (Å²) < 4.78 is 17.3. The normalized spacial score (nSPS) is 16.1. The van der Waals surface area contributed by atoms with Crippen molar-refractivity contribution in [1.29, 1.82) is 0 Å². The number of benzene rings is 1. The molecule has 0 aromatic heterocycles. The lowest BCUT2D eigenvalue weighted by molar-refractivity contribution is 0.407. The molecule has 102 valence electrons. The zero-order valence-electron chi connectivity index (χ0n) is 11.6. The van der Waals surface area contributed by atoms with Crippen molar-refractivity contribution in [2.45, 2.75) is 38.5 Å². The van der Waals surface area contributed by atoms with E-state index in [1.165, 1.54) is 0 Å². The van der Waals surface area contributed by atoms with Crippen LogP contribution in [0.3, 0.4) is 0 Å². The molecule has 1 aromatic carbocycles. The molecule has 3 unspecified atom stereocenters. The van der Waals surface area contributed by atoms with E-state index in [9.17, 15) is 4.21 Å². The summed E-state index contributed by atoms with van der Waals surface area (Å²) in [4.78, 5) is 0. The van der Waals surface area contributed by atoms with Gasteiger partial charge in [0, 0.05) is 33.4 Å². The number of methoxy groups -OCH3 is 1. The molecule has 3 nitrogen and oxygen atoms in total. The predicted molar refractivity (Wildman–Crippen MR) is 77.4 cm³/mol. The van der Waals surface area contributed by atoms with Gasteiger partial charge >= 0.3 is 0 Å². The van der Waals surface area contributed by atoms with Crippen LogP contribution in [0.2, 0.25) is 0 Å². The third-order valence-electron chi connectivity index (χ3n) is 3.15. The second kappa shape index (κ2) is 6.90. The second-order valence-corrected chi connectivity index (χ2v) is 6.52. The molecule has 1 aromatic rings. The Balaban J connectivity index is 2.86. The number of aryl methyl sites for hydroxylation is 1. The van der Waals surface area contributed by atoms with E-state index < -0.39 is 10.8 Å². The maximum Gasteiger partial charge on any atom is 0.123 e. The first-order valence-electron chi connectivity index (χ1n) is 6.26. The smallest absolute Gasteiger partial charge is 0.123 e. The van der Waals surface area contributed by atoms with Crippen LogP contribution in [-0.2, 0) is 10.8 Å². The minimum atomic E-state index is -0.893. The van der Waals surface area contributed by atoms with E-state index in [-0.39, 0.29) is 11.3 Å². The molecule has 0 aliphatic rings. The van der Waals surface area contributed by atoms with Gasteiger partial charge in [0.1, 0.15) is 5.75 Å². The number of hydrogen-bond acceptors (Lipinski definition) is 3. The molecule has 3 atom stereocenters. The number of ether oxygens (including phenoxy) is 1. The van der Waals surface area contributed by atoms with Crippen molar-refractivity contribution in [3.8, 4) is 5.75 Å². The van der Waals surface area contributed by atoms with E-state index in [1.54, 1.807) is 7.11 Å². The van der Waals surface area contributed by atoms with E-state index in [4.69, 9.17) is 10.5 Å². The summed E-state index contributed by atoms with van der Waals surface area (Å²) in [5, 5.41) is 0.187. The van der Waals surface area contributed by atoms with Gasteiger partial charge < -0.3 is 10.5 Å². The number of nitrogens with two attached hydrogens (primary N) is 1. The highest BCUT2D eigenvalue weighted by Crippen LogP contribution is 2.26. The lowest BCUT2D eigenvalue weighted by atomic mass is 10.1. The van der Waals surface area contributed by atoms with Crippen LogP contribution in [0, 0.1) is 6.92 Å². The Morgan fingerprint density at radius 3 is 2.67 bits per heavy atom. The van der Waals surface area contributed by atoms with E-state index in [0.717, 1.165) is 23.3 Å². The van der Waals surface area contributed by atoms with Crippen molar-refractivity contribution in [3.05, 3.63) is 29.3 Å². The summed E-state index contributed by atoms with van der Waals surface area (Å²) in [5.41, 5.74) is 8.23. The fourth-order valence-corrected chi connectivity index (χ4v) is 2.99. The van der Waals surface area contributed by atoms with E-state index in [0.29, 0.717) is 5.75 Å². The van der Waals surface area contributed by atoms with Crippen LogP contribution < -0.4 is 10.5 Å². The molecular formula is C14H23NO2S. The summed E-state index contributed by atoms with van der Waals surface area (Å²) in [6.45, 7) is 6.05. The third-order valence-corrected chi connectivity index (χ3v) is 5.07. The Morgan fingerprint density at radius 2 is 2.11 bits per heavy atom. The molecule has 0 spiro atoms.